The minimum Gasteiger partial charge on any atom is -0.482 e. The molecule has 0 aliphatic carbocycles. The number of para-hydroxylation sites is 1. The summed E-state index contributed by atoms with van der Waals surface area (Å²) in [4.78, 5) is 23.4. The molecule has 0 saturated carbocycles. The molecule has 0 unspecified atom stereocenters. The van der Waals surface area contributed by atoms with Gasteiger partial charge in [0.1, 0.15) is 23.1 Å². The highest BCUT2D eigenvalue weighted by Crippen LogP contribution is 2.37. The first-order chi connectivity index (χ1) is 18.7. The summed E-state index contributed by atoms with van der Waals surface area (Å²) >= 11 is 0. The molecule has 0 radical (unpaired) electrons. The second-order valence-electron chi connectivity index (χ2n) is 8.77. The number of nitrogens with one attached hydrogen (secondary N) is 1. The van der Waals surface area contributed by atoms with E-state index in [9.17, 15) is 4.79 Å². The Bertz CT molecular complexity index is 1580. The number of aromatic nitrogens is 2. The van der Waals surface area contributed by atoms with Gasteiger partial charge in [0.05, 0.1) is 17.9 Å². The van der Waals surface area contributed by atoms with Gasteiger partial charge >= 0.3 is 0 Å². The zero-order chi connectivity index (χ0) is 25.7. The predicted molar refractivity (Wildman–Crippen MR) is 147 cm³/mol. The fourth-order valence-corrected chi connectivity index (χ4v) is 4.30. The molecule has 3 heterocycles. The molecule has 1 aliphatic heterocycles. The highest BCUT2D eigenvalue weighted by Gasteiger charge is 2.26. The molecule has 0 fully saturated rings. The number of pyridine rings is 2. The summed E-state index contributed by atoms with van der Waals surface area (Å²) in [6.45, 7) is 0.388. The number of carbonyl (C=O) groups excluding carboxylic acids is 1. The van der Waals surface area contributed by atoms with E-state index in [0.29, 0.717) is 18.1 Å². The van der Waals surface area contributed by atoms with Gasteiger partial charge in [0.15, 0.2) is 6.61 Å². The van der Waals surface area contributed by atoms with Crippen molar-refractivity contribution in [1.29, 1.82) is 0 Å². The smallest absolute Gasteiger partial charge is 0.265 e. The Kier molecular flexibility index (Phi) is 6.39. The normalized spacial score (nSPS) is 12.4. The number of hydrogen-bond donors (Lipinski definition) is 1. The van der Waals surface area contributed by atoms with Crippen molar-refractivity contribution >= 4 is 23.1 Å². The topological polar surface area (TPSA) is 76.6 Å². The predicted octanol–water partition coefficient (Wildman–Crippen LogP) is 6.61. The SMILES string of the molecule is O=C1COc2ccc(-c3ccnc(Nc4cccc(Oc5ccccc5)c4)c3)cc2N1Cc1ccccn1. The highest BCUT2D eigenvalue weighted by atomic mass is 16.5. The van der Waals surface area contributed by atoms with Crippen molar-refractivity contribution < 1.29 is 14.3 Å². The number of hydrogen-bond acceptors (Lipinski definition) is 6. The standard InChI is InChI=1S/C31H24N4O3/c36-31-21-37-29-13-12-22(17-28(29)35(31)20-25-7-4-5-15-32-25)23-14-16-33-30(18-23)34-24-8-6-11-27(19-24)38-26-9-2-1-3-10-26/h1-19H,20-21H2,(H,33,34). The molecule has 7 heteroatoms. The Labute approximate surface area is 220 Å². The van der Waals surface area contributed by atoms with Gasteiger partial charge in [-0.25, -0.2) is 4.98 Å². The Balaban J connectivity index is 1.24. The monoisotopic (exact) mass is 500 g/mol. The molecule has 3 aromatic carbocycles. The molecule has 1 amide bonds. The number of anilines is 3. The van der Waals surface area contributed by atoms with Crippen molar-refractivity contribution in [3.05, 3.63) is 121 Å². The van der Waals surface area contributed by atoms with Gasteiger partial charge in [0.25, 0.3) is 5.91 Å². The number of ether oxygens (including phenoxy) is 2. The lowest BCUT2D eigenvalue weighted by molar-refractivity contribution is -0.121. The van der Waals surface area contributed by atoms with E-state index in [2.05, 4.69) is 15.3 Å². The van der Waals surface area contributed by atoms with Gasteiger partial charge in [-0.2, -0.15) is 0 Å². The third-order valence-electron chi connectivity index (χ3n) is 6.13. The lowest BCUT2D eigenvalue weighted by Gasteiger charge is -2.29. The average molecular weight is 501 g/mol. The van der Waals surface area contributed by atoms with Crippen LogP contribution in [0.5, 0.6) is 17.2 Å². The lowest BCUT2D eigenvalue weighted by Crippen LogP contribution is -2.38. The summed E-state index contributed by atoms with van der Waals surface area (Å²) in [5, 5.41) is 3.36. The third kappa shape index (κ3) is 5.17. The van der Waals surface area contributed by atoms with Gasteiger partial charge in [0.2, 0.25) is 0 Å². The molecular weight excluding hydrogens is 476 g/mol. The number of carbonyl (C=O) groups is 1. The van der Waals surface area contributed by atoms with Crippen LogP contribution in [-0.2, 0) is 11.3 Å². The molecule has 1 aliphatic rings. The molecule has 6 rings (SSSR count). The van der Waals surface area contributed by atoms with E-state index in [0.717, 1.165) is 39.7 Å². The summed E-state index contributed by atoms with van der Waals surface area (Å²) in [5.41, 5.74) is 4.29. The Hall–Kier alpha value is -5.17. The Morgan fingerprint density at radius 1 is 0.789 bits per heavy atom. The van der Waals surface area contributed by atoms with Gasteiger partial charge in [-0.15, -0.1) is 0 Å². The summed E-state index contributed by atoms with van der Waals surface area (Å²) < 4.78 is 11.7. The molecule has 0 atom stereocenters. The van der Waals surface area contributed by atoms with E-state index in [4.69, 9.17) is 9.47 Å². The van der Waals surface area contributed by atoms with Crippen LogP contribution < -0.4 is 19.7 Å². The van der Waals surface area contributed by atoms with Crippen LogP contribution in [0.2, 0.25) is 0 Å². The Morgan fingerprint density at radius 3 is 2.50 bits per heavy atom. The van der Waals surface area contributed by atoms with Crippen LogP contribution in [0.4, 0.5) is 17.2 Å². The van der Waals surface area contributed by atoms with Crippen molar-refractivity contribution in [3.63, 3.8) is 0 Å². The molecule has 0 spiro atoms. The van der Waals surface area contributed by atoms with Crippen molar-refractivity contribution in [2.75, 3.05) is 16.8 Å². The van der Waals surface area contributed by atoms with Crippen molar-refractivity contribution in [2.24, 2.45) is 0 Å². The van der Waals surface area contributed by atoms with E-state index in [1.807, 2.05) is 103 Å². The maximum Gasteiger partial charge on any atom is 0.265 e. The average Bonchev–Trinajstić information content (AvgIpc) is 2.96. The van der Waals surface area contributed by atoms with E-state index in [1.54, 1.807) is 17.3 Å². The third-order valence-corrected chi connectivity index (χ3v) is 6.13. The first-order valence-electron chi connectivity index (χ1n) is 12.2. The quantitative estimate of drug-likeness (QED) is 0.271. The van der Waals surface area contributed by atoms with Crippen LogP contribution in [0.25, 0.3) is 11.1 Å². The van der Waals surface area contributed by atoms with Gasteiger partial charge < -0.3 is 14.8 Å². The van der Waals surface area contributed by atoms with Gasteiger partial charge in [-0.05, 0) is 71.8 Å². The summed E-state index contributed by atoms with van der Waals surface area (Å²) in [7, 11) is 0. The molecule has 2 aromatic heterocycles. The van der Waals surface area contributed by atoms with Crippen LogP contribution in [0.3, 0.4) is 0 Å². The summed E-state index contributed by atoms with van der Waals surface area (Å²) in [6.07, 6.45) is 3.49. The van der Waals surface area contributed by atoms with E-state index < -0.39 is 0 Å². The number of benzene rings is 3. The van der Waals surface area contributed by atoms with Gasteiger partial charge in [0, 0.05) is 24.1 Å². The first kappa shape index (κ1) is 23.2. The van der Waals surface area contributed by atoms with Crippen LogP contribution >= 0.6 is 0 Å². The van der Waals surface area contributed by atoms with Gasteiger partial charge in [-0.1, -0.05) is 36.4 Å². The fraction of sp³-hybridized carbons (Fsp3) is 0.0645. The van der Waals surface area contributed by atoms with Crippen molar-refractivity contribution in [3.8, 4) is 28.4 Å². The zero-order valence-corrected chi connectivity index (χ0v) is 20.5. The second-order valence-corrected chi connectivity index (χ2v) is 8.77. The largest absolute Gasteiger partial charge is 0.482 e. The first-order valence-corrected chi connectivity index (χ1v) is 12.2. The number of nitrogens with zero attached hydrogens (tertiary/aromatic N) is 3. The van der Waals surface area contributed by atoms with E-state index >= 15 is 0 Å². The lowest BCUT2D eigenvalue weighted by atomic mass is 10.0. The van der Waals surface area contributed by atoms with Crippen LogP contribution in [0, 0.1) is 0 Å². The van der Waals surface area contributed by atoms with E-state index in [-0.39, 0.29) is 12.5 Å². The molecule has 7 nitrogen and oxygen atoms in total. The minimum atomic E-state index is -0.102. The van der Waals surface area contributed by atoms with Crippen molar-refractivity contribution in [1.82, 2.24) is 9.97 Å². The van der Waals surface area contributed by atoms with Crippen molar-refractivity contribution in [2.45, 2.75) is 6.54 Å². The minimum absolute atomic E-state index is 0.00948. The Morgan fingerprint density at radius 2 is 1.63 bits per heavy atom. The molecule has 186 valence electrons. The van der Waals surface area contributed by atoms with Crippen LogP contribution in [0.15, 0.2) is 116 Å². The number of amides is 1. The molecular formula is C31H24N4O3. The van der Waals surface area contributed by atoms with Crippen LogP contribution in [-0.4, -0.2) is 22.5 Å². The number of fused-ring (bicyclic) bond motifs is 1. The summed E-state index contributed by atoms with van der Waals surface area (Å²) in [6, 6.07) is 32.9. The fourth-order valence-electron chi connectivity index (χ4n) is 4.30. The maximum atomic E-state index is 12.8. The van der Waals surface area contributed by atoms with E-state index in [1.165, 1.54) is 0 Å². The zero-order valence-electron chi connectivity index (χ0n) is 20.5. The molecule has 0 bridgehead atoms. The number of rotatable bonds is 7. The summed E-state index contributed by atoms with van der Waals surface area (Å²) in [5.74, 6) is 2.76. The molecule has 5 aromatic rings. The highest BCUT2D eigenvalue weighted by molar-refractivity contribution is 5.98. The van der Waals surface area contributed by atoms with Crippen LogP contribution in [0.1, 0.15) is 5.69 Å². The maximum absolute atomic E-state index is 12.8. The molecule has 1 N–H and O–H groups in total. The molecule has 38 heavy (non-hydrogen) atoms. The molecule has 0 saturated heterocycles. The van der Waals surface area contributed by atoms with Gasteiger partial charge in [-0.3, -0.25) is 14.7 Å². The second kappa shape index (κ2) is 10.4.